The second kappa shape index (κ2) is 6.30. The second-order valence-corrected chi connectivity index (χ2v) is 7.47. The van der Waals surface area contributed by atoms with E-state index in [-0.39, 0.29) is 29.3 Å². The number of benzene rings is 1. The molecule has 7 heteroatoms. The standard InChI is InChI=1S/C19H24N4O3/c1-21-15-6-5-14(11-16(15)22(2)19(21)26)20-17(24)12-7-9-23(10-8-12)18(25)13-3-4-13/h5-6,11-13H,3-4,7-10H2,1-2H3,(H,20,24). The van der Waals surface area contributed by atoms with Gasteiger partial charge in [-0.3, -0.25) is 18.7 Å². The molecule has 1 aromatic carbocycles. The molecule has 1 saturated heterocycles. The Morgan fingerprint density at radius 3 is 2.27 bits per heavy atom. The molecule has 1 aromatic heterocycles. The highest BCUT2D eigenvalue weighted by molar-refractivity contribution is 5.94. The van der Waals surface area contributed by atoms with Crippen LogP contribution in [-0.4, -0.2) is 38.9 Å². The molecule has 2 aromatic rings. The Bertz CT molecular complexity index is 930. The average molecular weight is 356 g/mol. The summed E-state index contributed by atoms with van der Waals surface area (Å²) in [5.74, 6) is 0.418. The minimum absolute atomic E-state index is 0.0104. The average Bonchev–Trinajstić information content (AvgIpc) is 3.48. The van der Waals surface area contributed by atoms with Crippen molar-refractivity contribution in [1.29, 1.82) is 0 Å². The Hall–Kier alpha value is -2.57. The van der Waals surface area contributed by atoms with Crippen LogP contribution < -0.4 is 11.0 Å². The fourth-order valence-electron chi connectivity index (χ4n) is 3.78. The molecule has 1 N–H and O–H groups in total. The molecule has 2 amide bonds. The van der Waals surface area contributed by atoms with Crippen molar-refractivity contribution in [3.05, 3.63) is 28.7 Å². The Morgan fingerprint density at radius 2 is 1.62 bits per heavy atom. The van der Waals surface area contributed by atoms with Gasteiger partial charge in [-0.15, -0.1) is 0 Å². The molecule has 2 aliphatic rings. The molecule has 2 fully saturated rings. The molecule has 4 rings (SSSR count). The smallest absolute Gasteiger partial charge is 0.328 e. The monoisotopic (exact) mass is 356 g/mol. The van der Waals surface area contributed by atoms with Crippen LogP contribution in [0.15, 0.2) is 23.0 Å². The summed E-state index contributed by atoms with van der Waals surface area (Å²) in [6.45, 7) is 1.33. The molecule has 1 aliphatic carbocycles. The number of carbonyl (C=O) groups excluding carboxylic acids is 2. The maximum Gasteiger partial charge on any atom is 0.328 e. The molecule has 26 heavy (non-hydrogen) atoms. The second-order valence-electron chi connectivity index (χ2n) is 7.47. The van der Waals surface area contributed by atoms with Gasteiger partial charge in [-0.25, -0.2) is 4.79 Å². The van der Waals surface area contributed by atoms with Gasteiger partial charge in [0.1, 0.15) is 0 Å². The van der Waals surface area contributed by atoms with Gasteiger partial charge in [-0.1, -0.05) is 0 Å². The Kier molecular flexibility index (Phi) is 4.09. The molecule has 1 aliphatic heterocycles. The zero-order chi connectivity index (χ0) is 18.4. The highest BCUT2D eigenvalue weighted by Crippen LogP contribution is 2.32. The van der Waals surface area contributed by atoms with Crippen LogP contribution in [0, 0.1) is 11.8 Å². The van der Waals surface area contributed by atoms with Crippen molar-refractivity contribution < 1.29 is 9.59 Å². The van der Waals surface area contributed by atoms with Crippen LogP contribution in [0.25, 0.3) is 11.0 Å². The van der Waals surface area contributed by atoms with Gasteiger partial charge in [-0.2, -0.15) is 0 Å². The zero-order valence-electron chi connectivity index (χ0n) is 15.2. The highest BCUT2D eigenvalue weighted by Gasteiger charge is 2.35. The first kappa shape index (κ1) is 16.9. The predicted octanol–water partition coefficient (Wildman–Crippen LogP) is 1.46. The summed E-state index contributed by atoms with van der Waals surface area (Å²) in [6.07, 6.45) is 3.44. The number of imidazole rings is 1. The summed E-state index contributed by atoms with van der Waals surface area (Å²) in [5.41, 5.74) is 2.24. The van der Waals surface area contributed by atoms with Gasteiger partial charge in [0.15, 0.2) is 0 Å². The van der Waals surface area contributed by atoms with E-state index < -0.39 is 0 Å². The van der Waals surface area contributed by atoms with Crippen LogP contribution in [0.5, 0.6) is 0 Å². The third-order valence-electron chi connectivity index (χ3n) is 5.64. The van der Waals surface area contributed by atoms with E-state index in [9.17, 15) is 14.4 Å². The van der Waals surface area contributed by atoms with Gasteiger partial charge in [0, 0.05) is 44.7 Å². The molecule has 0 spiro atoms. The Morgan fingerprint density at radius 1 is 0.962 bits per heavy atom. The minimum Gasteiger partial charge on any atom is -0.342 e. The maximum absolute atomic E-state index is 12.6. The molecule has 0 unspecified atom stereocenters. The van der Waals surface area contributed by atoms with Gasteiger partial charge in [0.2, 0.25) is 11.8 Å². The number of rotatable bonds is 3. The molecule has 0 bridgehead atoms. The lowest BCUT2D eigenvalue weighted by molar-refractivity contribution is -0.135. The van der Waals surface area contributed by atoms with Crippen LogP contribution in [0.2, 0.25) is 0 Å². The van der Waals surface area contributed by atoms with Gasteiger partial charge < -0.3 is 10.2 Å². The number of aromatic nitrogens is 2. The van der Waals surface area contributed by atoms with E-state index in [0.29, 0.717) is 31.6 Å². The third-order valence-corrected chi connectivity index (χ3v) is 5.64. The predicted molar refractivity (Wildman–Crippen MR) is 98.8 cm³/mol. The highest BCUT2D eigenvalue weighted by atomic mass is 16.2. The van der Waals surface area contributed by atoms with E-state index in [0.717, 1.165) is 23.9 Å². The van der Waals surface area contributed by atoms with Crippen LogP contribution in [0.3, 0.4) is 0 Å². The number of nitrogens with zero attached hydrogens (tertiary/aromatic N) is 3. The van der Waals surface area contributed by atoms with E-state index >= 15 is 0 Å². The fourth-order valence-corrected chi connectivity index (χ4v) is 3.78. The van der Waals surface area contributed by atoms with Crippen molar-refractivity contribution in [2.45, 2.75) is 25.7 Å². The van der Waals surface area contributed by atoms with Crippen molar-refractivity contribution in [1.82, 2.24) is 14.0 Å². The van der Waals surface area contributed by atoms with Crippen LogP contribution in [0.4, 0.5) is 5.69 Å². The van der Waals surface area contributed by atoms with Gasteiger partial charge >= 0.3 is 5.69 Å². The van der Waals surface area contributed by atoms with Gasteiger partial charge in [0.25, 0.3) is 0 Å². The first-order valence-corrected chi connectivity index (χ1v) is 9.21. The number of amides is 2. The summed E-state index contributed by atoms with van der Waals surface area (Å²) in [6, 6.07) is 5.51. The molecular formula is C19H24N4O3. The van der Waals surface area contributed by atoms with E-state index in [1.165, 1.54) is 0 Å². The molecule has 7 nitrogen and oxygen atoms in total. The third kappa shape index (κ3) is 2.91. The van der Waals surface area contributed by atoms with E-state index in [1.807, 2.05) is 23.1 Å². The van der Waals surface area contributed by atoms with Crippen LogP contribution in [0.1, 0.15) is 25.7 Å². The topological polar surface area (TPSA) is 76.3 Å². The van der Waals surface area contributed by atoms with Crippen molar-refractivity contribution >= 4 is 28.5 Å². The quantitative estimate of drug-likeness (QED) is 0.905. The largest absolute Gasteiger partial charge is 0.342 e. The first-order valence-electron chi connectivity index (χ1n) is 9.21. The maximum atomic E-state index is 12.6. The normalized spacial score (nSPS) is 18.3. The first-order chi connectivity index (χ1) is 12.5. The van der Waals surface area contributed by atoms with Gasteiger partial charge in [0.05, 0.1) is 11.0 Å². The summed E-state index contributed by atoms with van der Waals surface area (Å²) < 4.78 is 3.17. The number of likely N-dealkylation sites (tertiary alicyclic amines) is 1. The molecule has 2 heterocycles. The summed E-state index contributed by atoms with van der Waals surface area (Å²) in [7, 11) is 3.46. The number of hydrogen-bond donors (Lipinski definition) is 1. The number of aryl methyl sites for hydroxylation is 2. The van der Waals surface area contributed by atoms with Crippen LogP contribution >= 0.6 is 0 Å². The van der Waals surface area contributed by atoms with Crippen LogP contribution in [-0.2, 0) is 23.7 Å². The number of piperidine rings is 1. The van der Waals surface area contributed by atoms with Gasteiger partial charge in [-0.05, 0) is 43.9 Å². The van der Waals surface area contributed by atoms with Crippen molar-refractivity contribution in [2.24, 2.45) is 25.9 Å². The number of hydrogen-bond acceptors (Lipinski definition) is 3. The number of nitrogens with one attached hydrogen (secondary N) is 1. The van der Waals surface area contributed by atoms with Crippen molar-refractivity contribution in [3.63, 3.8) is 0 Å². The molecule has 1 saturated carbocycles. The molecule has 0 atom stereocenters. The summed E-state index contributed by atoms with van der Waals surface area (Å²) in [5, 5.41) is 2.97. The van der Waals surface area contributed by atoms with Crippen molar-refractivity contribution in [3.8, 4) is 0 Å². The number of anilines is 1. The lowest BCUT2D eigenvalue weighted by atomic mass is 9.95. The summed E-state index contributed by atoms with van der Waals surface area (Å²) in [4.78, 5) is 38.6. The van der Waals surface area contributed by atoms with E-state index in [1.54, 1.807) is 23.2 Å². The lowest BCUT2D eigenvalue weighted by Crippen LogP contribution is -2.42. The van der Waals surface area contributed by atoms with E-state index in [2.05, 4.69) is 5.32 Å². The number of fused-ring (bicyclic) bond motifs is 1. The molecule has 0 radical (unpaired) electrons. The lowest BCUT2D eigenvalue weighted by Gasteiger charge is -2.31. The Labute approximate surface area is 151 Å². The zero-order valence-corrected chi connectivity index (χ0v) is 15.2. The van der Waals surface area contributed by atoms with Crippen molar-refractivity contribution in [2.75, 3.05) is 18.4 Å². The fraction of sp³-hybridized carbons (Fsp3) is 0.526. The molecule has 138 valence electrons. The Balaban J connectivity index is 1.42. The minimum atomic E-state index is -0.0869. The van der Waals surface area contributed by atoms with E-state index in [4.69, 9.17) is 0 Å². The molecular weight excluding hydrogens is 332 g/mol. The number of carbonyl (C=O) groups is 2. The summed E-state index contributed by atoms with van der Waals surface area (Å²) >= 11 is 0. The SMILES string of the molecule is Cn1c(=O)n(C)c2cc(NC(=O)C3CCN(C(=O)C4CC4)CC3)ccc21.